The van der Waals surface area contributed by atoms with E-state index in [1.807, 2.05) is 0 Å². The summed E-state index contributed by atoms with van der Waals surface area (Å²) in [6.07, 6.45) is 5.16. The van der Waals surface area contributed by atoms with E-state index in [9.17, 15) is 0 Å². The summed E-state index contributed by atoms with van der Waals surface area (Å²) in [6, 6.07) is 0. The molecule has 84 valence electrons. The second kappa shape index (κ2) is 7.21. The summed E-state index contributed by atoms with van der Waals surface area (Å²) in [4.78, 5) is 0. The lowest BCUT2D eigenvalue weighted by Crippen LogP contribution is -2.33. The minimum Gasteiger partial charge on any atom is -0.396 e. The minimum atomic E-state index is 0.294. The highest BCUT2D eigenvalue weighted by molar-refractivity contribution is 4.80. The lowest BCUT2D eigenvalue weighted by atomic mass is 9.80. The third-order valence-electron chi connectivity index (χ3n) is 2.84. The summed E-state index contributed by atoms with van der Waals surface area (Å²) in [5.74, 6) is 0.869. The Balaban J connectivity index is 1.81. The molecule has 1 aliphatic rings. The first kappa shape index (κ1) is 12.0. The monoisotopic (exact) mass is 201 g/mol. The molecule has 0 unspecified atom stereocenters. The van der Waals surface area contributed by atoms with Crippen LogP contribution in [-0.4, -0.2) is 37.5 Å². The fourth-order valence-electron chi connectivity index (χ4n) is 1.92. The number of hydrogen-bond donors (Lipinski definition) is 2. The second-order valence-electron chi connectivity index (χ2n) is 4.03. The summed E-state index contributed by atoms with van der Waals surface area (Å²) in [7, 11) is 0. The fourth-order valence-corrected chi connectivity index (χ4v) is 1.92. The quantitative estimate of drug-likeness (QED) is 0.579. The Kier molecular flexibility index (Phi) is 6.15. The molecule has 1 fully saturated rings. The van der Waals surface area contributed by atoms with Gasteiger partial charge in [0, 0.05) is 13.2 Å². The van der Waals surface area contributed by atoms with Crippen LogP contribution >= 0.6 is 0 Å². The van der Waals surface area contributed by atoms with Crippen molar-refractivity contribution in [2.45, 2.75) is 38.7 Å². The highest BCUT2D eigenvalue weighted by Gasteiger charge is 2.28. The molecule has 1 aliphatic carbocycles. The van der Waals surface area contributed by atoms with E-state index in [0.717, 1.165) is 32.0 Å². The van der Waals surface area contributed by atoms with Crippen LogP contribution in [0.25, 0.3) is 0 Å². The summed E-state index contributed by atoms with van der Waals surface area (Å²) >= 11 is 0. The molecule has 0 aromatic carbocycles. The number of rotatable bonds is 8. The Morgan fingerprint density at radius 2 is 2.14 bits per heavy atom. The minimum absolute atomic E-state index is 0.294. The zero-order valence-corrected chi connectivity index (χ0v) is 9.17. The predicted molar refractivity (Wildman–Crippen MR) is 57.3 cm³/mol. The lowest BCUT2D eigenvalue weighted by molar-refractivity contribution is -0.0263. The summed E-state index contributed by atoms with van der Waals surface area (Å²) in [5, 5.41) is 11.9. The van der Waals surface area contributed by atoms with Crippen molar-refractivity contribution in [3.8, 4) is 0 Å². The molecule has 0 aliphatic heterocycles. The van der Waals surface area contributed by atoms with E-state index >= 15 is 0 Å². The third kappa shape index (κ3) is 4.40. The Bertz CT molecular complexity index is 135. The Morgan fingerprint density at radius 3 is 2.79 bits per heavy atom. The van der Waals surface area contributed by atoms with Gasteiger partial charge in [0.2, 0.25) is 0 Å². The molecule has 3 nitrogen and oxygen atoms in total. The molecule has 3 heteroatoms. The molecule has 0 aromatic rings. The maximum absolute atomic E-state index is 8.57. The summed E-state index contributed by atoms with van der Waals surface area (Å²) < 4.78 is 5.50. The molecule has 0 amide bonds. The number of aliphatic hydroxyl groups excluding tert-OH is 1. The van der Waals surface area contributed by atoms with E-state index in [2.05, 4.69) is 12.2 Å². The molecule has 0 bridgehead atoms. The van der Waals surface area contributed by atoms with Gasteiger partial charge in [-0.25, -0.2) is 0 Å². The molecule has 1 rings (SSSR count). The SMILES string of the molecule is CCOC1CC(CCNCCCO)C1. The number of hydrogen-bond acceptors (Lipinski definition) is 3. The van der Waals surface area contributed by atoms with E-state index in [1.165, 1.54) is 19.3 Å². The third-order valence-corrected chi connectivity index (χ3v) is 2.84. The van der Waals surface area contributed by atoms with Crippen LogP contribution in [0.2, 0.25) is 0 Å². The van der Waals surface area contributed by atoms with Gasteiger partial charge in [-0.1, -0.05) is 0 Å². The van der Waals surface area contributed by atoms with Crippen molar-refractivity contribution >= 4 is 0 Å². The molecule has 0 aromatic heterocycles. The van der Waals surface area contributed by atoms with Gasteiger partial charge in [0.25, 0.3) is 0 Å². The molecule has 0 spiro atoms. The van der Waals surface area contributed by atoms with Gasteiger partial charge in [-0.05, 0) is 51.6 Å². The van der Waals surface area contributed by atoms with Crippen molar-refractivity contribution in [2.24, 2.45) is 5.92 Å². The molecular weight excluding hydrogens is 178 g/mol. The van der Waals surface area contributed by atoms with E-state index in [-0.39, 0.29) is 0 Å². The normalized spacial score (nSPS) is 26.1. The van der Waals surface area contributed by atoms with Crippen LogP contribution in [-0.2, 0) is 4.74 Å². The smallest absolute Gasteiger partial charge is 0.0580 e. The number of aliphatic hydroxyl groups is 1. The Labute approximate surface area is 86.8 Å². The molecule has 0 radical (unpaired) electrons. The van der Waals surface area contributed by atoms with Crippen molar-refractivity contribution in [1.82, 2.24) is 5.32 Å². The summed E-state index contributed by atoms with van der Waals surface area (Å²) in [5.41, 5.74) is 0. The van der Waals surface area contributed by atoms with Crippen molar-refractivity contribution in [1.29, 1.82) is 0 Å². The molecule has 0 heterocycles. The first-order valence-electron chi connectivity index (χ1n) is 5.80. The van der Waals surface area contributed by atoms with Gasteiger partial charge < -0.3 is 15.2 Å². The van der Waals surface area contributed by atoms with Gasteiger partial charge in [0.1, 0.15) is 0 Å². The van der Waals surface area contributed by atoms with Crippen LogP contribution < -0.4 is 5.32 Å². The first-order valence-corrected chi connectivity index (χ1v) is 5.80. The van der Waals surface area contributed by atoms with Crippen molar-refractivity contribution < 1.29 is 9.84 Å². The average molecular weight is 201 g/mol. The maximum atomic E-state index is 8.57. The van der Waals surface area contributed by atoms with E-state index in [0.29, 0.717) is 12.7 Å². The molecule has 0 atom stereocenters. The van der Waals surface area contributed by atoms with Gasteiger partial charge in [0.05, 0.1) is 6.10 Å². The fraction of sp³-hybridized carbons (Fsp3) is 1.00. The van der Waals surface area contributed by atoms with Crippen LogP contribution in [0.15, 0.2) is 0 Å². The Hall–Kier alpha value is -0.120. The predicted octanol–water partition coefficient (Wildman–Crippen LogP) is 1.16. The van der Waals surface area contributed by atoms with Crippen LogP contribution in [0, 0.1) is 5.92 Å². The van der Waals surface area contributed by atoms with Crippen molar-refractivity contribution in [3.63, 3.8) is 0 Å². The molecule has 1 saturated carbocycles. The van der Waals surface area contributed by atoms with E-state index in [1.54, 1.807) is 0 Å². The van der Waals surface area contributed by atoms with Gasteiger partial charge in [0.15, 0.2) is 0 Å². The standard InChI is InChI=1S/C11H23NO2/c1-2-14-11-8-10(9-11)4-6-12-5-3-7-13/h10-13H,2-9H2,1H3. The number of ether oxygens (including phenoxy) is 1. The molecular formula is C11H23NO2. The lowest BCUT2D eigenvalue weighted by Gasteiger charge is -2.35. The van der Waals surface area contributed by atoms with Crippen LogP contribution in [0.5, 0.6) is 0 Å². The highest BCUT2D eigenvalue weighted by Crippen LogP contribution is 2.32. The van der Waals surface area contributed by atoms with Gasteiger partial charge in [-0.3, -0.25) is 0 Å². The van der Waals surface area contributed by atoms with Crippen molar-refractivity contribution in [2.75, 3.05) is 26.3 Å². The van der Waals surface area contributed by atoms with E-state index < -0.39 is 0 Å². The van der Waals surface area contributed by atoms with Gasteiger partial charge in [-0.2, -0.15) is 0 Å². The van der Waals surface area contributed by atoms with Crippen molar-refractivity contribution in [3.05, 3.63) is 0 Å². The Morgan fingerprint density at radius 1 is 1.36 bits per heavy atom. The van der Waals surface area contributed by atoms with E-state index in [4.69, 9.17) is 9.84 Å². The largest absolute Gasteiger partial charge is 0.396 e. The first-order chi connectivity index (χ1) is 6.86. The van der Waals surface area contributed by atoms with Crippen LogP contribution in [0.4, 0.5) is 0 Å². The number of nitrogens with one attached hydrogen (secondary N) is 1. The second-order valence-corrected chi connectivity index (χ2v) is 4.03. The molecule has 2 N–H and O–H groups in total. The van der Waals surface area contributed by atoms with Gasteiger partial charge in [-0.15, -0.1) is 0 Å². The molecule has 14 heavy (non-hydrogen) atoms. The summed E-state index contributed by atoms with van der Waals surface area (Å²) in [6.45, 7) is 5.24. The van der Waals surface area contributed by atoms with Crippen LogP contribution in [0.3, 0.4) is 0 Å². The van der Waals surface area contributed by atoms with Gasteiger partial charge >= 0.3 is 0 Å². The highest BCUT2D eigenvalue weighted by atomic mass is 16.5. The topological polar surface area (TPSA) is 41.5 Å². The average Bonchev–Trinajstić information content (AvgIpc) is 2.13. The van der Waals surface area contributed by atoms with Crippen LogP contribution in [0.1, 0.15) is 32.6 Å². The molecule has 0 saturated heterocycles. The zero-order chi connectivity index (χ0) is 10.2. The zero-order valence-electron chi connectivity index (χ0n) is 9.17. The maximum Gasteiger partial charge on any atom is 0.0580 e.